The fourth-order valence-electron chi connectivity index (χ4n) is 2.42. The average Bonchev–Trinajstić information content (AvgIpc) is 3.04. The van der Waals surface area contributed by atoms with Gasteiger partial charge in [0.2, 0.25) is 5.91 Å². The molecule has 1 amide bonds. The number of thiazole rings is 1. The normalized spacial score (nSPS) is 10.6. The standard InChI is InChI=1S/C20H20N2OS/c1-3-15-6-10-17(11-7-15)21-19(23)12-20-22-18(13-24-20)16-8-4-14(2)5-9-16/h4-11,13H,3,12H2,1-2H3,(H,21,23). The molecule has 0 saturated heterocycles. The summed E-state index contributed by atoms with van der Waals surface area (Å²) in [4.78, 5) is 16.8. The highest BCUT2D eigenvalue weighted by Crippen LogP contribution is 2.22. The van der Waals surface area contributed by atoms with Crippen LogP contribution in [0.2, 0.25) is 0 Å². The van der Waals surface area contributed by atoms with E-state index in [4.69, 9.17) is 0 Å². The van der Waals surface area contributed by atoms with Crippen LogP contribution < -0.4 is 5.32 Å². The first-order valence-electron chi connectivity index (χ1n) is 8.04. The van der Waals surface area contributed by atoms with E-state index in [2.05, 4.69) is 48.4 Å². The van der Waals surface area contributed by atoms with Crippen LogP contribution in [0.5, 0.6) is 0 Å². The Bertz CT molecular complexity index is 820. The lowest BCUT2D eigenvalue weighted by molar-refractivity contribution is -0.115. The van der Waals surface area contributed by atoms with Crippen molar-refractivity contribution >= 4 is 22.9 Å². The molecule has 0 spiro atoms. The number of carbonyl (C=O) groups is 1. The van der Waals surface area contributed by atoms with Crippen molar-refractivity contribution in [1.82, 2.24) is 4.98 Å². The molecule has 0 radical (unpaired) electrons. The molecule has 1 aromatic heterocycles. The summed E-state index contributed by atoms with van der Waals surface area (Å²) in [7, 11) is 0. The Labute approximate surface area is 146 Å². The van der Waals surface area contributed by atoms with Gasteiger partial charge in [-0.05, 0) is 31.0 Å². The number of nitrogens with one attached hydrogen (secondary N) is 1. The molecule has 0 aliphatic heterocycles. The van der Waals surface area contributed by atoms with Gasteiger partial charge in [0.25, 0.3) is 0 Å². The molecule has 0 aliphatic carbocycles. The minimum absolute atomic E-state index is 0.0379. The Morgan fingerprint density at radius 3 is 2.46 bits per heavy atom. The Morgan fingerprint density at radius 2 is 1.79 bits per heavy atom. The van der Waals surface area contributed by atoms with Crippen LogP contribution in [0.1, 0.15) is 23.1 Å². The summed E-state index contributed by atoms with van der Waals surface area (Å²) in [5.74, 6) is -0.0379. The molecule has 24 heavy (non-hydrogen) atoms. The lowest BCUT2D eigenvalue weighted by Gasteiger charge is -2.04. The molecule has 1 heterocycles. The quantitative estimate of drug-likeness (QED) is 0.723. The molecule has 3 aromatic rings. The fraction of sp³-hybridized carbons (Fsp3) is 0.200. The van der Waals surface area contributed by atoms with Gasteiger partial charge in [-0.15, -0.1) is 11.3 Å². The zero-order valence-electron chi connectivity index (χ0n) is 13.9. The molecule has 0 fully saturated rings. The molecule has 122 valence electrons. The second-order valence-electron chi connectivity index (χ2n) is 5.77. The number of amides is 1. The van der Waals surface area contributed by atoms with Gasteiger partial charge in [-0.1, -0.05) is 48.9 Å². The van der Waals surface area contributed by atoms with E-state index < -0.39 is 0 Å². The number of carbonyl (C=O) groups excluding carboxylic acids is 1. The smallest absolute Gasteiger partial charge is 0.231 e. The molecule has 0 bridgehead atoms. The SMILES string of the molecule is CCc1ccc(NC(=O)Cc2nc(-c3ccc(C)cc3)cs2)cc1. The van der Waals surface area contributed by atoms with Gasteiger partial charge < -0.3 is 5.32 Å². The maximum atomic E-state index is 12.2. The van der Waals surface area contributed by atoms with E-state index in [1.54, 1.807) is 0 Å². The molecule has 0 atom stereocenters. The van der Waals surface area contributed by atoms with Gasteiger partial charge in [0.05, 0.1) is 12.1 Å². The summed E-state index contributed by atoms with van der Waals surface area (Å²) >= 11 is 1.52. The minimum atomic E-state index is -0.0379. The number of rotatable bonds is 5. The van der Waals surface area contributed by atoms with E-state index in [1.165, 1.54) is 22.5 Å². The third-order valence-electron chi connectivity index (χ3n) is 3.86. The maximum absolute atomic E-state index is 12.2. The number of hydrogen-bond acceptors (Lipinski definition) is 3. The first-order chi connectivity index (χ1) is 11.6. The number of aryl methyl sites for hydroxylation is 2. The third kappa shape index (κ3) is 4.09. The van der Waals surface area contributed by atoms with Crippen molar-refractivity contribution in [3.8, 4) is 11.3 Å². The monoisotopic (exact) mass is 336 g/mol. The van der Waals surface area contributed by atoms with Crippen molar-refractivity contribution in [1.29, 1.82) is 0 Å². The lowest BCUT2D eigenvalue weighted by Crippen LogP contribution is -2.14. The number of hydrogen-bond donors (Lipinski definition) is 1. The molecule has 1 N–H and O–H groups in total. The molecular weight excluding hydrogens is 316 g/mol. The van der Waals surface area contributed by atoms with E-state index in [9.17, 15) is 4.79 Å². The van der Waals surface area contributed by atoms with Crippen molar-refractivity contribution in [3.63, 3.8) is 0 Å². The van der Waals surface area contributed by atoms with E-state index >= 15 is 0 Å². The van der Waals surface area contributed by atoms with Crippen molar-refractivity contribution in [2.75, 3.05) is 5.32 Å². The van der Waals surface area contributed by atoms with Crippen LogP contribution in [0.15, 0.2) is 53.9 Å². The van der Waals surface area contributed by atoms with Crippen molar-refractivity contribution in [3.05, 3.63) is 70.0 Å². The third-order valence-corrected chi connectivity index (χ3v) is 4.71. The number of nitrogens with zero attached hydrogens (tertiary/aromatic N) is 1. The van der Waals surface area contributed by atoms with Gasteiger partial charge in [-0.25, -0.2) is 4.98 Å². The van der Waals surface area contributed by atoms with Gasteiger partial charge in [0.15, 0.2) is 0 Å². The van der Waals surface area contributed by atoms with Crippen LogP contribution in [0.3, 0.4) is 0 Å². The summed E-state index contributed by atoms with van der Waals surface area (Å²) in [6.45, 7) is 4.18. The van der Waals surface area contributed by atoms with Crippen LogP contribution in [0, 0.1) is 6.92 Å². The molecule has 3 nitrogen and oxygen atoms in total. The molecule has 2 aromatic carbocycles. The van der Waals surface area contributed by atoms with E-state index in [1.807, 2.05) is 29.6 Å². The first kappa shape index (κ1) is 16.4. The Balaban J connectivity index is 1.63. The topological polar surface area (TPSA) is 42.0 Å². The van der Waals surface area contributed by atoms with E-state index in [0.29, 0.717) is 6.42 Å². The second-order valence-corrected chi connectivity index (χ2v) is 6.71. The van der Waals surface area contributed by atoms with Crippen molar-refractivity contribution in [2.45, 2.75) is 26.7 Å². The van der Waals surface area contributed by atoms with Crippen LogP contribution in [0.4, 0.5) is 5.69 Å². The summed E-state index contributed by atoms with van der Waals surface area (Å²) in [5, 5.41) is 5.76. The van der Waals surface area contributed by atoms with Crippen LogP contribution >= 0.6 is 11.3 Å². The highest BCUT2D eigenvalue weighted by molar-refractivity contribution is 7.10. The summed E-state index contributed by atoms with van der Waals surface area (Å²) in [5.41, 5.74) is 5.32. The molecule has 0 aliphatic rings. The van der Waals surface area contributed by atoms with E-state index in [-0.39, 0.29) is 5.91 Å². The number of aromatic nitrogens is 1. The second kappa shape index (κ2) is 7.41. The molecule has 4 heteroatoms. The van der Waals surface area contributed by atoms with Crippen molar-refractivity contribution in [2.24, 2.45) is 0 Å². The highest BCUT2D eigenvalue weighted by Gasteiger charge is 2.09. The summed E-state index contributed by atoms with van der Waals surface area (Å²) in [6, 6.07) is 16.2. The predicted octanol–water partition coefficient (Wildman–Crippen LogP) is 4.86. The van der Waals surface area contributed by atoms with Gasteiger partial charge >= 0.3 is 0 Å². The maximum Gasteiger partial charge on any atom is 0.231 e. The Morgan fingerprint density at radius 1 is 1.08 bits per heavy atom. The highest BCUT2D eigenvalue weighted by atomic mass is 32.1. The van der Waals surface area contributed by atoms with Gasteiger partial charge in [0, 0.05) is 16.6 Å². The van der Waals surface area contributed by atoms with Crippen LogP contribution in [0.25, 0.3) is 11.3 Å². The van der Waals surface area contributed by atoms with Crippen molar-refractivity contribution < 1.29 is 4.79 Å². The van der Waals surface area contributed by atoms with Gasteiger partial charge in [-0.2, -0.15) is 0 Å². The predicted molar refractivity (Wildman–Crippen MR) is 100 cm³/mol. The Hall–Kier alpha value is -2.46. The zero-order valence-corrected chi connectivity index (χ0v) is 14.7. The number of benzene rings is 2. The summed E-state index contributed by atoms with van der Waals surface area (Å²) < 4.78 is 0. The molecule has 3 rings (SSSR count). The largest absolute Gasteiger partial charge is 0.326 e. The van der Waals surface area contributed by atoms with Crippen LogP contribution in [-0.2, 0) is 17.6 Å². The first-order valence-corrected chi connectivity index (χ1v) is 8.92. The molecule has 0 saturated carbocycles. The lowest BCUT2D eigenvalue weighted by atomic mass is 10.1. The molecular formula is C20H20N2OS. The average molecular weight is 336 g/mol. The van der Waals surface area contributed by atoms with Gasteiger partial charge in [-0.3, -0.25) is 4.79 Å². The van der Waals surface area contributed by atoms with E-state index in [0.717, 1.165) is 28.4 Å². The van der Waals surface area contributed by atoms with Gasteiger partial charge in [0.1, 0.15) is 5.01 Å². The molecule has 0 unspecified atom stereocenters. The van der Waals surface area contributed by atoms with Crippen LogP contribution in [-0.4, -0.2) is 10.9 Å². The zero-order chi connectivity index (χ0) is 16.9. The fourth-order valence-corrected chi connectivity index (χ4v) is 3.22. The Kier molecular flexibility index (Phi) is 5.06. The summed E-state index contributed by atoms with van der Waals surface area (Å²) in [6.07, 6.45) is 1.29. The number of anilines is 1. The minimum Gasteiger partial charge on any atom is -0.326 e.